The zero-order chi connectivity index (χ0) is 15.2. The standard InChI is InChI=1S/C15H30N2O2/c1-10(2)14(19)12(17-11(3)4)8-13(18)16-9-15(5,6)7/h10-12,17H,8-9H2,1-7H3,(H,16,18)/t12-/m0/s1. The second-order valence-electron chi connectivity index (χ2n) is 6.97. The quantitative estimate of drug-likeness (QED) is 0.745. The zero-order valence-corrected chi connectivity index (χ0v) is 13.5. The Hall–Kier alpha value is -0.900. The average molecular weight is 270 g/mol. The number of carbonyl (C=O) groups excluding carboxylic acids is 2. The normalized spacial score (nSPS) is 13.7. The van der Waals surface area contributed by atoms with Gasteiger partial charge in [-0.05, 0) is 5.41 Å². The maximum Gasteiger partial charge on any atom is 0.222 e. The average Bonchev–Trinajstić information content (AvgIpc) is 2.22. The molecule has 0 saturated heterocycles. The van der Waals surface area contributed by atoms with Gasteiger partial charge in [-0.1, -0.05) is 48.5 Å². The Morgan fingerprint density at radius 1 is 1.05 bits per heavy atom. The van der Waals surface area contributed by atoms with Crippen molar-refractivity contribution in [1.82, 2.24) is 10.6 Å². The summed E-state index contributed by atoms with van der Waals surface area (Å²) in [5, 5.41) is 6.07. The molecule has 2 N–H and O–H groups in total. The van der Waals surface area contributed by atoms with Crippen LogP contribution in [0.3, 0.4) is 0 Å². The van der Waals surface area contributed by atoms with Crippen molar-refractivity contribution in [2.45, 2.75) is 67.0 Å². The number of carbonyl (C=O) groups is 2. The van der Waals surface area contributed by atoms with E-state index in [-0.39, 0.29) is 41.5 Å². The predicted octanol–water partition coefficient (Wildman–Crippen LogP) is 2.13. The Morgan fingerprint density at radius 2 is 1.58 bits per heavy atom. The SMILES string of the molecule is CC(C)N[C@@H](CC(=O)NCC(C)(C)C)C(=O)C(C)C. The Kier molecular flexibility index (Phi) is 7.27. The Morgan fingerprint density at radius 3 is 1.95 bits per heavy atom. The molecule has 0 saturated carbocycles. The lowest BCUT2D eigenvalue weighted by molar-refractivity contribution is -0.129. The molecule has 1 amide bonds. The number of amides is 1. The van der Waals surface area contributed by atoms with Crippen molar-refractivity contribution in [3.8, 4) is 0 Å². The fraction of sp³-hybridized carbons (Fsp3) is 0.867. The third-order valence-electron chi connectivity index (χ3n) is 2.65. The van der Waals surface area contributed by atoms with Crippen molar-refractivity contribution >= 4 is 11.7 Å². The van der Waals surface area contributed by atoms with Gasteiger partial charge < -0.3 is 10.6 Å². The first-order chi connectivity index (χ1) is 8.53. The first kappa shape index (κ1) is 18.1. The lowest BCUT2D eigenvalue weighted by atomic mass is 9.96. The summed E-state index contributed by atoms with van der Waals surface area (Å²) in [6.07, 6.45) is 0.214. The van der Waals surface area contributed by atoms with Crippen LogP contribution in [0.5, 0.6) is 0 Å². The van der Waals surface area contributed by atoms with Gasteiger partial charge in [0.1, 0.15) is 0 Å². The highest BCUT2D eigenvalue weighted by molar-refractivity contribution is 5.90. The summed E-state index contributed by atoms with van der Waals surface area (Å²) in [6, 6.07) is -0.205. The van der Waals surface area contributed by atoms with Gasteiger partial charge in [-0.15, -0.1) is 0 Å². The van der Waals surface area contributed by atoms with Crippen LogP contribution in [0, 0.1) is 11.3 Å². The van der Waals surface area contributed by atoms with E-state index in [2.05, 4.69) is 31.4 Å². The molecule has 19 heavy (non-hydrogen) atoms. The van der Waals surface area contributed by atoms with Crippen LogP contribution in [0.1, 0.15) is 54.9 Å². The van der Waals surface area contributed by atoms with Gasteiger partial charge in [-0.25, -0.2) is 0 Å². The minimum Gasteiger partial charge on any atom is -0.356 e. The summed E-state index contributed by atoms with van der Waals surface area (Å²) in [7, 11) is 0. The van der Waals surface area contributed by atoms with E-state index in [1.54, 1.807) is 0 Å². The minimum atomic E-state index is -0.389. The van der Waals surface area contributed by atoms with Gasteiger partial charge in [0.25, 0.3) is 0 Å². The molecular formula is C15H30N2O2. The Labute approximate surface area is 117 Å². The summed E-state index contributed by atoms with van der Waals surface area (Å²) >= 11 is 0. The molecule has 0 radical (unpaired) electrons. The summed E-state index contributed by atoms with van der Waals surface area (Å²) in [5.74, 6) is -0.0339. The van der Waals surface area contributed by atoms with Gasteiger partial charge in [0.15, 0.2) is 5.78 Å². The molecule has 0 aliphatic heterocycles. The molecule has 0 bridgehead atoms. The van der Waals surface area contributed by atoms with Gasteiger partial charge in [0.05, 0.1) is 6.04 Å². The first-order valence-electron chi connectivity index (χ1n) is 7.09. The molecule has 0 aliphatic carbocycles. The van der Waals surface area contributed by atoms with Gasteiger partial charge in [-0.3, -0.25) is 9.59 Å². The van der Waals surface area contributed by atoms with Gasteiger partial charge in [0.2, 0.25) is 5.91 Å². The highest BCUT2D eigenvalue weighted by Gasteiger charge is 2.24. The molecule has 0 rings (SSSR count). The van der Waals surface area contributed by atoms with Gasteiger partial charge in [-0.2, -0.15) is 0 Å². The maximum absolute atomic E-state index is 12.1. The highest BCUT2D eigenvalue weighted by Crippen LogP contribution is 2.11. The number of Topliss-reactive ketones (excluding diaryl/α,β-unsaturated/α-hetero) is 1. The van der Waals surface area contributed by atoms with Crippen molar-refractivity contribution in [1.29, 1.82) is 0 Å². The Bertz CT molecular complexity index is 304. The van der Waals surface area contributed by atoms with Crippen molar-refractivity contribution in [3.63, 3.8) is 0 Å². The molecule has 0 spiro atoms. The lowest BCUT2D eigenvalue weighted by Crippen LogP contribution is -2.46. The van der Waals surface area contributed by atoms with E-state index in [4.69, 9.17) is 0 Å². The molecule has 0 aromatic rings. The van der Waals surface area contributed by atoms with Crippen LogP contribution >= 0.6 is 0 Å². The third-order valence-corrected chi connectivity index (χ3v) is 2.65. The Balaban J connectivity index is 4.47. The monoisotopic (exact) mass is 270 g/mol. The van der Waals surface area contributed by atoms with Crippen LogP contribution in [0.4, 0.5) is 0 Å². The smallest absolute Gasteiger partial charge is 0.222 e. The molecule has 0 aromatic heterocycles. The van der Waals surface area contributed by atoms with Crippen molar-refractivity contribution < 1.29 is 9.59 Å². The van der Waals surface area contributed by atoms with E-state index < -0.39 is 0 Å². The van der Waals surface area contributed by atoms with E-state index >= 15 is 0 Å². The molecule has 0 heterocycles. The summed E-state index contributed by atoms with van der Waals surface area (Å²) in [5.41, 5.74) is 0.0543. The van der Waals surface area contributed by atoms with Gasteiger partial charge >= 0.3 is 0 Å². The number of rotatable bonds is 7. The molecule has 0 aromatic carbocycles. The fourth-order valence-corrected chi connectivity index (χ4v) is 1.67. The highest BCUT2D eigenvalue weighted by atomic mass is 16.2. The molecule has 4 heteroatoms. The third kappa shape index (κ3) is 8.76. The topological polar surface area (TPSA) is 58.2 Å². The molecule has 1 atom stereocenters. The van der Waals surface area contributed by atoms with Crippen LogP contribution in [0.15, 0.2) is 0 Å². The number of hydrogen-bond donors (Lipinski definition) is 2. The fourth-order valence-electron chi connectivity index (χ4n) is 1.67. The summed E-state index contributed by atoms with van der Waals surface area (Å²) in [6.45, 7) is 14.5. The van der Waals surface area contributed by atoms with Crippen LogP contribution in [0.25, 0.3) is 0 Å². The second-order valence-corrected chi connectivity index (χ2v) is 6.97. The van der Waals surface area contributed by atoms with Crippen LogP contribution < -0.4 is 10.6 Å². The maximum atomic E-state index is 12.1. The molecule has 0 aliphatic rings. The second kappa shape index (κ2) is 7.63. The van der Waals surface area contributed by atoms with E-state index in [0.717, 1.165) is 0 Å². The summed E-state index contributed by atoms with van der Waals surface area (Å²) in [4.78, 5) is 24.0. The van der Waals surface area contributed by atoms with Crippen molar-refractivity contribution in [2.24, 2.45) is 11.3 Å². The summed E-state index contributed by atoms with van der Waals surface area (Å²) < 4.78 is 0. The van der Waals surface area contributed by atoms with E-state index in [1.807, 2.05) is 27.7 Å². The number of ketones is 1. The van der Waals surface area contributed by atoms with E-state index in [0.29, 0.717) is 6.54 Å². The largest absolute Gasteiger partial charge is 0.356 e. The minimum absolute atomic E-state index is 0.0543. The van der Waals surface area contributed by atoms with Crippen molar-refractivity contribution in [2.75, 3.05) is 6.54 Å². The number of nitrogens with one attached hydrogen (secondary N) is 2. The van der Waals surface area contributed by atoms with E-state index in [1.165, 1.54) is 0 Å². The molecule has 0 unspecified atom stereocenters. The molecule has 112 valence electrons. The van der Waals surface area contributed by atoms with E-state index in [9.17, 15) is 9.59 Å². The molecule has 4 nitrogen and oxygen atoms in total. The van der Waals surface area contributed by atoms with Crippen LogP contribution in [0.2, 0.25) is 0 Å². The molecular weight excluding hydrogens is 240 g/mol. The zero-order valence-electron chi connectivity index (χ0n) is 13.5. The molecule has 0 fully saturated rings. The number of hydrogen-bond acceptors (Lipinski definition) is 3. The first-order valence-corrected chi connectivity index (χ1v) is 7.09. The van der Waals surface area contributed by atoms with Crippen LogP contribution in [-0.2, 0) is 9.59 Å². The predicted molar refractivity (Wildman–Crippen MR) is 79.0 cm³/mol. The van der Waals surface area contributed by atoms with Crippen LogP contribution in [-0.4, -0.2) is 30.3 Å². The lowest BCUT2D eigenvalue weighted by Gasteiger charge is -2.23. The van der Waals surface area contributed by atoms with Crippen molar-refractivity contribution in [3.05, 3.63) is 0 Å². The van der Waals surface area contributed by atoms with Gasteiger partial charge in [0, 0.05) is 24.9 Å².